The molecule has 0 bridgehead atoms. The Bertz CT molecular complexity index is 605. The monoisotopic (exact) mass is 246 g/mol. The molecule has 0 amide bonds. The molecule has 1 aliphatic heterocycles. The summed E-state index contributed by atoms with van der Waals surface area (Å²) >= 11 is 0. The SMILES string of the molecule is O=C(OC1COC1)c1ccc(F)c2ccccc12. The average molecular weight is 246 g/mol. The van der Waals surface area contributed by atoms with E-state index in [1.165, 1.54) is 12.1 Å². The topological polar surface area (TPSA) is 35.5 Å². The molecule has 0 atom stereocenters. The standard InChI is InChI=1S/C14H11FO3/c15-13-6-5-12(10-3-1-2-4-11(10)13)14(16)18-9-7-17-8-9/h1-6,9H,7-8H2. The van der Waals surface area contributed by atoms with Gasteiger partial charge in [0.25, 0.3) is 0 Å². The fourth-order valence-electron chi connectivity index (χ4n) is 1.94. The van der Waals surface area contributed by atoms with Gasteiger partial charge in [0.2, 0.25) is 0 Å². The minimum Gasteiger partial charge on any atom is -0.454 e. The van der Waals surface area contributed by atoms with Crippen molar-refractivity contribution in [2.45, 2.75) is 6.10 Å². The molecule has 0 saturated carbocycles. The van der Waals surface area contributed by atoms with E-state index in [9.17, 15) is 9.18 Å². The van der Waals surface area contributed by atoms with Gasteiger partial charge in [0.05, 0.1) is 18.8 Å². The van der Waals surface area contributed by atoms with Gasteiger partial charge in [-0.15, -0.1) is 0 Å². The van der Waals surface area contributed by atoms with Crippen LogP contribution in [0.1, 0.15) is 10.4 Å². The number of carbonyl (C=O) groups is 1. The lowest BCUT2D eigenvalue weighted by molar-refractivity contribution is -0.103. The summed E-state index contributed by atoms with van der Waals surface area (Å²) in [6, 6.07) is 9.61. The van der Waals surface area contributed by atoms with Crippen LogP contribution in [0, 0.1) is 5.82 Å². The van der Waals surface area contributed by atoms with Crippen LogP contribution in [-0.4, -0.2) is 25.3 Å². The lowest BCUT2D eigenvalue weighted by atomic mass is 10.0. The zero-order chi connectivity index (χ0) is 12.5. The molecule has 1 fully saturated rings. The first-order valence-electron chi connectivity index (χ1n) is 5.71. The molecule has 4 heteroatoms. The maximum absolute atomic E-state index is 13.6. The molecule has 2 aromatic rings. The predicted octanol–water partition coefficient (Wildman–Crippen LogP) is 2.53. The Kier molecular flexibility index (Phi) is 2.72. The minimum absolute atomic E-state index is 0.179. The molecule has 0 aromatic heterocycles. The summed E-state index contributed by atoms with van der Waals surface area (Å²) in [4.78, 5) is 12.0. The molecule has 1 heterocycles. The van der Waals surface area contributed by atoms with Gasteiger partial charge in [0.15, 0.2) is 0 Å². The van der Waals surface area contributed by atoms with Crippen molar-refractivity contribution in [2.75, 3.05) is 13.2 Å². The highest BCUT2D eigenvalue weighted by Crippen LogP contribution is 2.23. The van der Waals surface area contributed by atoms with Gasteiger partial charge in [0, 0.05) is 5.39 Å². The molecule has 0 radical (unpaired) electrons. The maximum Gasteiger partial charge on any atom is 0.339 e. The molecule has 0 aliphatic carbocycles. The minimum atomic E-state index is -0.431. The van der Waals surface area contributed by atoms with Crippen molar-refractivity contribution in [3.63, 3.8) is 0 Å². The Morgan fingerprint density at radius 2 is 1.89 bits per heavy atom. The van der Waals surface area contributed by atoms with Crippen molar-refractivity contribution in [1.82, 2.24) is 0 Å². The number of carbonyl (C=O) groups excluding carboxylic acids is 1. The van der Waals surface area contributed by atoms with Gasteiger partial charge in [0.1, 0.15) is 11.9 Å². The third-order valence-corrected chi connectivity index (χ3v) is 2.97. The van der Waals surface area contributed by atoms with Crippen molar-refractivity contribution in [3.8, 4) is 0 Å². The number of hydrogen-bond donors (Lipinski definition) is 0. The van der Waals surface area contributed by atoms with E-state index in [1.54, 1.807) is 24.3 Å². The van der Waals surface area contributed by atoms with Crippen LogP contribution in [0.2, 0.25) is 0 Å². The van der Waals surface area contributed by atoms with E-state index in [1.807, 2.05) is 0 Å². The molecule has 0 spiro atoms. The number of esters is 1. The number of rotatable bonds is 2. The lowest BCUT2D eigenvalue weighted by Gasteiger charge is -2.25. The Labute approximate surface area is 103 Å². The van der Waals surface area contributed by atoms with Gasteiger partial charge in [-0.1, -0.05) is 24.3 Å². The van der Waals surface area contributed by atoms with E-state index < -0.39 is 5.97 Å². The second kappa shape index (κ2) is 4.38. The summed E-state index contributed by atoms with van der Waals surface area (Å²) in [7, 11) is 0. The van der Waals surface area contributed by atoms with Gasteiger partial charge in [-0.2, -0.15) is 0 Å². The van der Waals surface area contributed by atoms with Gasteiger partial charge in [-0.05, 0) is 17.5 Å². The first-order valence-corrected chi connectivity index (χ1v) is 5.71. The molecule has 92 valence electrons. The average Bonchev–Trinajstić information content (AvgIpc) is 2.34. The number of hydrogen-bond acceptors (Lipinski definition) is 3. The molecule has 3 nitrogen and oxygen atoms in total. The first kappa shape index (κ1) is 11.2. The van der Waals surface area contributed by atoms with Crippen LogP contribution < -0.4 is 0 Å². The summed E-state index contributed by atoms with van der Waals surface area (Å²) in [5, 5.41) is 1.000. The maximum atomic E-state index is 13.6. The summed E-state index contributed by atoms with van der Waals surface area (Å²) < 4.78 is 23.8. The van der Waals surface area contributed by atoms with E-state index in [4.69, 9.17) is 9.47 Å². The van der Waals surface area contributed by atoms with E-state index in [-0.39, 0.29) is 11.9 Å². The second-order valence-electron chi connectivity index (χ2n) is 4.21. The molecule has 1 saturated heterocycles. The van der Waals surface area contributed by atoms with Crippen molar-refractivity contribution >= 4 is 16.7 Å². The second-order valence-corrected chi connectivity index (χ2v) is 4.21. The molecule has 18 heavy (non-hydrogen) atoms. The largest absolute Gasteiger partial charge is 0.454 e. The highest BCUT2D eigenvalue weighted by molar-refractivity contribution is 6.04. The van der Waals surface area contributed by atoms with Crippen LogP contribution in [0.3, 0.4) is 0 Å². The molecule has 3 rings (SSSR count). The van der Waals surface area contributed by atoms with Crippen LogP contribution in [0.15, 0.2) is 36.4 Å². The zero-order valence-corrected chi connectivity index (χ0v) is 9.56. The third-order valence-electron chi connectivity index (χ3n) is 2.97. The van der Waals surface area contributed by atoms with Gasteiger partial charge in [-0.25, -0.2) is 9.18 Å². The highest BCUT2D eigenvalue weighted by Gasteiger charge is 2.24. The third kappa shape index (κ3) is 1.84. The highest BCUT2D eigenvalue weighted by atomic mass is 19.1. The Morgan fingerprint density at radius 3 is 2.56 bits per heavy atom. The fraction of sp³-hybridized carbons (Fsp3) is 0.214. The fourth-order valence-corrected chi connectivity index (χ4v) is 1.94. The smallest absolute Gasteiger partial charge is 0.339 e. The zero-order valence-electron chi connectivity index (χ0n) is 9.56. The lowest BCUT2D eigenvalue weighted by Crippen LogP contribution is -2.37. The van der Waals surface area contributed by atoms with Crippen molar-refractivity contribution < 1.29 is 18.7 Å². The number of ether oxygens (including phenoxy) is 2. The van der Waals surface area contributed by atoms with E-state index >= 15 is 0 Å². The van der Waals surface area contributed by atoms with Crippen LogP contribution in [0.5, 0.6) is 0 Å². The van der Waals surface area contributed by atoms with Crippen LogP contribution in [0.25, 0.3) is 10.8 Å². The molecular weight excluding hydrogens is 235 g/mol. The van der Waals surface area contributed by atoms with Crippen molar-refractivity contribution in [2.24, 2.45) is 0 Å². The van der Waals surface area contributed by atoms with Crippen LogP contribution in [-0.2, 0) is 9.47 Å². The molecular formula is C14H11FO3. The Balaban J connectivity index is 2.00. The quantitative estimate of drug-likeness (QED) is 0.764. The van der Waals surface area contributed by atoms with E-state index in [0.717, 1.165) is 0 Å². The summed E-state index contributed by atoms with van der Waals surface area (Å²) in [6.07, 6.45) is -0.179. The number of benzene rings is 2. The van der Waals surface area contributed by atoms with Crippen LogP contribution in [0.4, 0.5) is 4.39 Å². The summed E-state index contributed by atoms with van der Waals surface area (Å²) in [6.45, 7) is 0.871. The van der Waals surface area contributed by atoms with Gasteiger partial charge < -0.3 is 9.47 Å². The van der Waals surface area contributed by atoms with Crippen molar-refractivity contribution in [3.05, 3.63) is 47.8 Å². The molecule has 0 N–H and O–H groups in total. The van der Waals surface area contributed by atoms with Crippen molar-refractivity contribution in [1.29, 1.82) is 0 Å². The normalized spacial score (nSPS) is 15.4. The number of halogens is 1. The first-order chi connectivity index (χ1) is 8.75. The van der Waals surface area contributed by atoms with E-state index in [0.29, 0.717) is 29.5 Å². The molecule has 2 aromatic carbocycles. The molecule has 0 unspecified atom stereocenters. The van der Waals surface area contributed by atoms with Crippen LogP contribution >= 0.6 is 0 Å². The van der Waals surface area contributed by atoms with Gasteiger partial charge >= 0.3 is 5.97 Å². The summed E-state index contributed by atoms with van der Waals surface area (Å²) in [5.41, 5.74) is 0.388. The Hall–Kier alpha value is -1.94. The van der Waals surface area contributed by atoms with Gasteiger partial charge in [-0.3, -0.25) is 0 Å². The summed E-state index contributed by atoms with van der Waals surface area (Å²) in [5.74, 6) is -0.770. The Morgan fingerprint density at radius 1 is 1.17 bits per heavy atom. The molecule has 1 aliphatic rings. The predicted molar refractivity (Wildman–Crippen MR) is 63.9 cm³/mol. The van der Waals surface area contributed by atoms with E-state index in [2.05, 4.69) is 0 Å². The number of fused-ring (bicyclic) bond motifs is 1.